The van der Waals surface area contributed by atoms with E-state index in [1.807, 2.05) is 0 Å². The minimum atomic E-state index is -0.941. The number of pyridine rings is 1. The number of nitrogens with one attached hydrogen (secondary N) is 1. The first-order chi connectivity index (χ1) is 7.15. The number of nitrogens with zero attached hydrogens (tertiary/aromatic N) is 1. The van der Waals surface area contributed by atoms with E-state index >= 15 is 0 Å². The number of carboxylic acids is 1. The van der Waals surface area contributed by atoms with Crippen LogP contribution in [0.25, 0.3) is 0 Å². The van der Waals surface area contributed by atoms with Crippen LogP contribution < -0.4 is 10.9 Å². The van der Waals surface area contributed by atoms with Gasteiger partial charge in [-0.05, 0) is 25.0 Å². The lowest BCUT2D eigenvalue weighted by Crippen LogP contribution is -2.28. The molecule has 0 fully saturated rings. The van der Waals surface area contributed by atoms with E-state index in [0.29, 0.717) is 18.5 Å². The lowest BCUT2D eigenvalue weighted by molar-refractivity contribution is -0.140. The summed E-state index contributed by atoms with van der Waals surface area (Å²) in [4.78, 5) is 22.8. The fourth-order valence-electron chi connectivity index (χ4n) is 1.97. The van der Waals surface area contributed by atoms with Crippen molar-refractivity contribution in [2.45, 2.75) is 18.9 Å². The molecule has 1 aliphatic heterocycles. The van der Waals surface area contributed by atoms with Crippen LogP contribution in [0.5, 0.6) is 0 Å². The molecule has 1 aliphatic rings. The van der Waals surface area contributed by atoms with Crippen molar-refractivity contribution in [3.8, 4) is 0 Å². The summed E-state index contributed by atoms with van der Waals surface area (Å²) in [5.41, 5.74) is 0.984. The highest BCUT2D eigenvalue weighted by Crippen LogP contribution is 2.24. The Morgan fingerprint density at radius 2 is 2.33 bits per heavy atom. The minimum Gasteiger partial charge on any atom is -0.480 e. The molecule has 2 rings (SSSR count). The monoisotopic (exact) mass is 208 g/mol. The van der Waals surface area contributed by atoms with E-state index in [1.165, 1.54) is 4.57 Å². The van der Waals surface area contributed by atoms with Crippen molar-refractivity contribution in [3.05, 3.63) is 28.2 Å². The summed E-state index contributed by atoms with van der Waals surface area (Å²) < 4.78 is 1.37. The van der Waals surface area contributed by atoms with Gasteiger partial charge in [0, 0.05) is 12.7 Å². The molecule has 0 radical (unpaired) electrons. The van der Waals surface area contributed by atoms with Gasteiger partial charge < -0.3 is 10.4 Å². The van der Waals surface area contributed by atoms with Crippen LogP contribution in [0.2, 0.25) is 0 Å². The van der Waals surface area contributed by atoms with E-state index in [4.69, 9.17) is 5.11 Å². The van der Waals surface area contributed by atoms with Gasteiger partial charge in [0.15, 0.2) is 0 Å². The topological polar surface area (TPSA) is 71.3 Å². The standard InChI is InChI=1S/C10H12N2O3/c1-11-7-4-2-6-3-5-8(10(14)15)12(6)9(7)13/h2,4,8,11H,3,5H2,1H3,(H,14,15). The Morgan fingerprint density at radius 1 is 1.60 bits per heavy atom. The summed E-state index contributed by atoms with van der Waals surface area (Å²) in [5, 5.41) is 11.7. The molecule has 2 N–H and O–H groups in total. The third kappa shape index (κ3) is 1.40. The molecule has 1 aromatic heterocycles. The number of carbonyl (C=O) groups is 1. The van der Waals surface area contributed by atoms with Crippen LogP contribution >= 0.6 is 0 Å². The fraction of sp³-hybridized carbons (Fsp3) is 0.400. The summed E-state index contributed by atoms with van der Waals surface area (Å²) in [6.45, 7) is 0. The number of carboxylic acid groups (broad SMARTS) is 1. The van der Waals surface area contributed by atoms with Crippen LogP contribution in [0.4, 0.5) is 5.69 Å². The van der Waals surface area contributed by atoms with Crippen molar-refractivity contribution in [1.29, 1.82) is 0 Å². The van der Waals surface area contributed by atoms with Gasteiger partial charge in [0.25, 0.3) is 5.56 Å². The highest BCUT2D eigenvalue weighted by atomic mass is 16.4. The average molecular weight is 208 g/mol. The molecule has 0 bridgehead atoms. The van der Waals surface area contributed by atoms with E-state index in [-0.39, 0.29) is 5.56 Å². The highest BCUT2D eigenvalue weighted by Gasteiger charge is 2.29. The number of rotatable bonds is 2. The van der Waals surface area contributed by atoms with Crippen molar-refractivity contribution in [2.24, 2.45) is 0 Å². The largest absolute Gasteiger partial charge is 0.480 e. The molecule has 1 unspecified atom stereocenters. The number of hydrogen-bond donors (Lipinski definition) is 2. The second-order valence-corrected chi connectivity index (χ2v) is 3.56. The number of hydrogen-bond acceptors (Lipinski definition) is 3. The fourth-order valence-corrected chi connectivity index (χ4v) is 1.97. The first-order valence-corrected chi connectivity index (χ1v) is 4.80. The Bertz CT molecular complexity index is 464. The number of aromatic nitrogens is 1. The molecule has 15 heavy (non-hydrogen) atoms. The lowest BCUT2D eigenvalue weighted by Gasteiger charge is -2.11. The lowest BCUT2D eigenvalue weighted by atomic mass is 10.2. The third-order valence-corrected chi connectivity index (χ3v) is 2.74. The number of fused-ring (bicyclic) bond motifs is 1. The van der Waals surface area contributed by atoms with Crippen LogP contribution in [-0.4, -0.2) is 22.7 Å². The molecule has 0 aliphatic carbocycles. The molecule has 1 aromatic rings. The predicted molar refractivity (Wildman–Crippen MR) is 55.2 cm³/mol. The zero-order valence-electron chi connectivity index (χ0n) is 8.36. The molecular formula is C10H12N2O3. The van der Waals surface area contributed by atoms with Gasteiger partial charge >= 0.3 is 5.97 Å². The molecule has 1 atom stereocenters. The molecule has 2 heterocycles. The Balaban J connectivity index is 2.60. The Labute approximate surface area is 86.3 Å². The second-order valence-electron chi connectivity index (χ2n) is 3.56. The van der Waals surface area contributed by atoms with Crippen LogP contribution in [0.15, 0.2) is 16.9 Å². The summed E-state index contributed by atoms with van der Waals surface area (Å²) in [6, 6.07) is 2.79. The van der Waals surface area contributed by atoms with E-state index < -0.39 is 12.0 Å². The van der Waals surface area contributed by atoms with E-state index in [0.717, 1.165) is 5.69 Å². The van der Waals surface area contributed by atoms with Gasteiger partial charge in [-0.3, -0.25) is 9.36 Å². The maximum Gasteiger partial charge on any atom is 0.326 e. The summed E-state index contributed by atoms with van der Waals surface area (Å²) in [7, 11) is 1.65. The summed E-state index contributed by atoms with van der Waals surface area (Å²) in [6.07, 6.45) is 1.15. The molecule has 5 heteroatoms. The van der Waals surface area contributed by atoms with Crippen LogP contribution in [-0.2, 0) is 11.2 Å². The van der Waals surface area contributed by atoms with Gasteiger partial charge in [-0.25, -0.2) is 4.79 Å². The van der Waals surface area contributed by atoms with E-state index in [9.17, 15) is 9.59 Å². The van der Waals surface area contributed by atoms with E-state index in [2.05, 4.69) is 5.32 Å². The maximum absolute atomic E-state index is 11.8. The van der Waals surface area contributed by atoms with Crippen molar-refractivity contribution in [1.82, 2.24) is 4.57 Å². The molecule has 5 nitrogen and oxygen atoms in total. The van der Waals surface area contributed by atoms with Crippen molar-refractivity contribution in [2.75, 3.05) is 12.4 Å². The Hall–Kier alpha value is -1.78. The summed E-state index contributed by atoms with van der Waals surface area (Å²) in [5.74, 6) is -0.941. The SMILES string of the molecule is CNc1ccc2n(c1=O)C(C(=O)O)CC2. The zero-order valence-corrected chi connectivity index (χ0v) is 8.36. The molecule has 0 saturated carbocycles. The molecule has 0 spiro atoms. The molecule has 80 valence electrons. The Kier molecular flexibility index (Phi) is 2.22. The van der Waals surface area contributed by atoms with Gasteiger partial charge in [-0.15, -0.1) is 0 Å². The number of aliphatic carboxylic acids is 1. The van der Waals surface area contributed by atoms with Gasteiger partial charge in [0.05, 0.1) is 0 Å². The van der Waals surface area contributed by atoms with Crippen LogP contribution in [0.3, 0.4) is 0 Å². The normalized spacial score (nSPS) is 18.6. The third-order valence-electron chi connectivity index (χ3n) is 2.74. The molecule has 0 aromatic carbocycles. The minimum absolute atomic E-state index is 0.250. The van der Waals surface area contributed by atoms with Crippen LogP contribution in [0.1, 0.15) is 18.2 Å². The first kappa shape index (κ1) is 9.76. The maximum atomic E-state index is 11.8. The quantitative estimate of drug-likeness (QED) is 0.740. The average Bonchev–Trinajstić information content (AvgIpc) is 2.63. The predicted octanol–water partition coefficient (Wildman–Crippen LogP) is 0.462. The highest BCUT2D eigenvalue weighted by molar-refractivity contribution is 5.72. The summed E-state index contributed by atoms with van der Waals surface area (Å²) >= 11 is 0. The molecule has 0 saturated heterocycles. The van der Waals surface area contributed by atoms with Gasteiger partial charge in [0.1, 0.15) is 11.7 Å². The van der Waals surface area contributed by atoms with Crippen molar-refractivity contribution in [3.63, 3.8) is 0 Å². The van der Waals surface area contributed by atoms with Gasteiger partial charge in [-0.2, -0.15) is 0 Å². The Morgan fingerprint density at radius 3 is 2.93 bits per heavy atom. The van der Waals surface area contributed by atoms with Gasteiger partial charge in [-0.1, -0.05) is 0 Å². The van der Waals surface area contributed by atoms with Gasteiger partial charge in [0.2, 0.25) is 0 Å². The zero-order chi connectivity index (χ0) is 11.0. The number of aryl methyl sites for hydroxylation is 1. The smallest absolute Gasteiger partial charge is 0.326 e. The number of anilines is 1. The van der Waals surface area contributed by atoms with Crippen molar-refractivity contribution >= 4 is 11.7 Å². The van der Waals surface area contributed by atoms with E-state index in [1.54, 1.807) is 19.2 Å². The van der Waals surface area contributed by atoms with Crippen molar-refractivity contribution < 1.29 is 9.90 Å². The first-order valence-electron chi connectivity index (χ1n) is 4.80. The molecule has 0 amide bonds. The second kappa shape index (κ2) is 3.42. The molecular weight excluding hydrogens is 196 g/mol. The van der Waals surface area contributed by atoms with Crippen LogP contribution in [0, 0.1) is 0 Å².